The topological polar surface area (TPSA) is 85.2 Å². The van der Waals surface area contributed by atoms with Gasteiger partial charge in [0.1, 0.15) is 23.2 Å². The summed E-state index contributed by atoms with van der Waals surface area (Å²) in [5.74, 6) is 1.76. The molecule has 0 radical (unpaired) electrons. The first-order chi connectivity index (χ1) is 12.2. The van der Waals surface area contributed by atoms with E-state index in [2.05, 4.69) is 9.97 Å². The minimum Gasteiger partial charge on any atom is -0.510 e. The Balaban J connectivity index is 1.58. The number of aromatic nitrogens is 2. The fourth-order valence-electron chi connectivity index (χ4n) is 3.04. The zero-order chi connectivity index (χ0) is 17.4. The first kappa shape index (κ1) is 15.3. The molecule has 1 aromatic heterocycles. The first-order valence-corrected chi connectivity index (χ1v) is 8.00. The summed E-state index contributed by atoms with van der Waals surface area (Å²) in [5.41, 5.74) is 3.22. The Morgan fingerprint density at radius 3 is 2.68 bits per heavy atom. The van der Waals surface area contributed by atoms with Crippen molar-refractivity contribution in [2.24, 2.45) is 0 Å². The number of hydrogen-bond acceptors (Lipinski definition) is 4. The smallest absolute Gasteiger partial charge is 0.145 e. The number of nitrogens with zero attached hydrogens (tertiary/aromatic N) is 2. The molecule has 1 aliphatic heterocycles. The Labute approximate surface area is 144 Å². The Morgan fingerprint density at radius 2 is 1.96 bits per heavy atom. The maximum absolute atomic E-state index is 10.4. The van der Waals surface area contributed by atoms with Crippen LogP contribution in [-0.2, 0) is 6.54 Å². The molecule has 0 amide bonds. The van der Waals surface area contributed by atoms with Crippen LogP contribution in [0.3, 0.4) is 0 Å². The number of ether oxygens (including phenoxy) is 1. The molecule has 25 heavy (non-hydrogen) atoms. The van der Waals surface area contributed by atoms with Crippen LogP contribution in [0.25, 0.3) is 16.6 Å². The molecule has 0 aliphatic carbocycles. The Kier molecular flexibility index (Phi) is 3.65. The van der Waals surface area contributed by atoms with Crippen molar-refractivity contribution < 1.29 is 9.84 Å². The van der Waals surface area contributed by atoms with Gasteiger partial charge in [-0.1, -0.05) is 24.3 Å². The highest BCUT2D eigenvalue weighted by Crippen LogP contribution is 2.28. The van der Waals surface area contributed by atoms with E-state index in [1.807, 2.05) is 53.4 Å². The molecular formula is C19H18N4O2. The molecule has 0 atom stereocenters. The number of imidazole rings is 1. The van der Waals surface area contributed by atoms with Crippen LogP contribution < -0.4 is 4.74 Å². The summed E-state index contributed by atoms with van der Waals surface area (Å²) in [6.45, 7) is 0.841. The molecule has 0 bridgehead atoms. The normalized spacial score (nSPS) is 14.6. The molecule has 2 heterocycles. The molecule has 0 unspecified atom stereocenters. The number of benzene rings is 2. The number of hydrogen-bond donors (Lipinski definition) is 3. The second kappa shape index (κ2) is 5.98. The molecule has 3 aromatic rings. The molecule has 0 saturated carbocycles. The first-order valence-electron chi connectivity index (χ1n) is 8.00. The van der Waals surface area contributed by atoms with Crippen molar-refractivity contribution in [3.8, 4) is 5.75 Å². The number of nitrogens with one attached hydrogen (secondary N) is 2. The number of fused-ring (bicyclic) bond motifs is 1. The van der Waals surface area contributed by atoms with Crippen LogP contribution >= 0.6 is 0 Å². The Bertz CT molecular complexity index is 940. The monoisotopic (exact) mass is 334 g/mol. The number of H-pyrrole nitrogens is 1. The molecule has 1 aliphatic rings. The predicted molar refractivity (Wildman–Crippen MR) is 96.8 cm³/mol. The molecule has 2 aromatic carbocycles. The van der Waals surface area contributed by atoms with Crippen molar-refractivity contribution in [1.82, 2.24) is 14.9 Å². The summed E-state index contributed by atoms with van der Waals surface area (Å²) in [6, 6.07) is 15.4. The van der Waals surface area contributed by atoms with Crippen molar-refractivity contribution in [2.45, 2.75) is 6.54 Å². The minimum atomic E-state index is 0.164. The minimum absolute atomic E-state index is 0.164. The van der Waals surface area contributed by atoms with E-state index in [9.17, 15) is 5.11 Å². The summed E-state index contributed by atoms with van der Waals surface area (Å²) in [7, 11) is 1.63. The van der Waals surface area contributed by atoms with Gasteiger partial charge in [0.15, 0.2) is 0 Å². The van der Waals surface area contributed by atoms with E-state index in [0.29, 0.717) is 24.5 Å². The number of aromatic amines is 1. The highest BCUT2D eigenvalue weighted by Gasteiger charge is 2.30. The molecule has 0 fully saturated rings. The maximum Gasteiger partial charge on any atom is 0.145 e. The average molecular weight is 334 g/mol. The van der Waals surface area contributed by atoms with Gasteiger partial charge in [-0.2, -0.15) is 0 Å². The van der Waals surface area contributed by atoms with Gasteiger partial charge in [-0.25, -0.2) is 4.98 Å². The van der Waals surface area contributed by atoms with E-state index in [1.165, 1.54) is 0 Å². The molecule has 126 valence electrons. The van der Waals surface area contributed by atoms with Crippen molar-refractivity contribution in [1.29, 1.82) is 5.41 Å². The van der Waals surface area contributed by atoms with Gasteiger partial charge in [-0.05, 0) is 29.8 Å². The summed E-state index contributed by atoms with van der Waals surface area (Å²) in [5, 5.41) is 18.8. The van der Waals surface area contributed by atoms with Crippen LogP contribution in [-0.4, -0.2) is 39.5 Å². The standard InChI is InChI=1S/C19H18N4O2/c1-25-13-8-6-12(7-9-13)10-23-11-16(24)17(18(23)20)19-21-14-4-2-3-5-15(14)22-19/h2-9,20,24H,10-11H2,1H3,(H,21,22). The van der Waals surface area contributed by atoms with Gasteiger partial charge in [0, 0.05) is 6.54 Å². The second-order valence-corrected chi connectivity index (χ2v) is 5.98. The zero-order valence-corrected chi connectivity index (χ0v) is 13.8. The summed E-state index contributed by atoms with van der Waals surface area (Å²) in [4.78, 5) is 9.51. The summed E-state index contributed by atoms with van der Waals surface area (Å²) < 4.78 is 5.16. The second-order valence-electron chi connectivity index (χ2n) is 5.98. The maximum atomic E-state index is 10.4. The molecule has 3 N–H and O–H groups in total. The van der Waals surface area contributed by atoms with Crippen LogP contribution in [0.1, 0.15) is 11.4 Å². The quantitative estimate of drug-likeness (QED) is 0.683. The Hall–Kier alpha value is -3.28. The highest BCUT2D eigenvalue weighted by molar-refractivity contribution is 6.23. The van der Waals surface area contributed by atoms with Crippen LogP contribution in [0.15, 0.2) is 54.3 Å². The van der Waals surface area contributed by atoms with Crippen LogP contribution in [0.5, 0.6) is 5.75 Å². The van der Waals surface area contributed by atoms with Gasteiger partial charge >= 0.3 is 0 Å². The molecule has 4 rings (SSSR count). The van der Waals surface area contributed by atoms with Crippen LogP contribution in [0.2, 0.25) is 0 Å². The number of methoxy groups -OCH3 is 1. The largest absolute Gasteiger partial charge is 0.510 e. The fraction of sp³-hybridized carbons (Fsp3) is 0.158. The van der Waals surface area contributed by atoms with Crippen molar-refractivity contribution >= 4 is 22.4 Å². The number of rotatable bonds is 4. The lowest BCUT2D eigenvalue weighted by Gasteiger charge is -2.18. The van der Waals surface area contributed by atoms with E-state index >= 15 is 0 Å². The van der Waals surface area contributed by atoms with Gasteiger partial charge in [0.2, 0.25) is 0 Å². The predicted octanol–water partition coefficient (Wildman–Crippen LogP) is 3.33. The number of aliphatic hydroxyl groups excluding tert-OH is 1. The van der Waals surface area contributed by atoms with Crippen molar-refractivity contribution in [2.75, 3.05) is 13.7 Å². The van der Waals surface area contributed by atoms with Gasteiger partial charge in [-0.3, -0.25) is 5.41 Å². The van der Waals surface area contributed by atoms with Crippen molar-refractivity contribution in [3.05, 3.63) is 65.7 Å². The highest BCUT2D eigenvalue weighted by atomic mass is 16.5. The fourth-order valence-corrected chi connectivity index (χ4v) is 3.04. The lowest BCUT2D eigenvalue weighted by atomic mass is 10.2. The Morgan fingerprint density at radius 1 is 1.20 bits per heavy atom. The number of aliphatic hydroxyl groups is 1. The van der Waals surface area contributed by atoms with Crippen LogP contribution in [0, 0.1) is 5.41 Å². The van der Waals surface area contributed by atoms with E-state index in [-0.39, 0.29) is 11.6 Å². The average Bonchev–Trinajstić information content (AvgIpc) is 3.16. The van der Waals surface area contributed by atoms with Gasteiger partial charge in [0.25, 0.3) is 0 Å². The lowest BCUT2D eigenvalue weighted by Crippen LogP contribution is -2.26. The molecular weight excluding hydrogens is 316 g/mol. The number of amidine groups is 1. The van der Waals surface area contributed by atoms with Gasteiger partial charge in [-0.15, -0.1) is 0 Å². The molecule has 0 spiro atoms. The summed E-state index contributed by atoms with van der Waals surface area (Å²) in [6.07, 6.45) is 0. The third-order valence-corrected chi connectivity index (χ3v) is 4.34. The van der Waals surface area contributed by atoms with Gasteiger partial charge in [0.05, 0.1) is 30.3 Å². The van der Waals surface area contributed by atoms with E-state index < -0.39 is 0 Å². The van der Waals surface area contributed by atoms with E-state index in [1.54, 1.807) is 7.11 Å². The lowest BCUT2D eigenvalue weighted by molar-refractivity contribution is 0.346. The zero-order valence-electron chi connectivity index (χ0n) is 13.8. The third kappa shape index (κ3) is 2.71. The SMILES string of the molecule is COc1ccc(CN2CC(O)=C(c3nc4ccccc4[nH]3)C2=N)cc1. The van der Waals surface area contributed by atoms with E-state index in [0.717, 1.165) is 22.3 Å². The summed E-state index contributed by atoms with van der Waals surface area (Å²) >= 11 is 0. The van der Waals surface area contributed by atoms with Crippen LogP contribution in [0.4, 0.5) is 0 Å². The van der Waals surface area contributed by atoms with E-state index in [4.69, 9.17) is 10.1 Å². The molecule has 0 saturated heterocycles. The molecule has 6 nitrogen and oxygen atoms in total. The number of para-hydroxylation sites is 2. The molecule has 6 heteroatoms. The van der Waals surface area contributed by atoms with Gasteiger partial charge < -0.3 is 19.7 Å². The third-order valence-electron chi connectivity index (χ3n) is 4.34. The van der Waals surface area contributed by atoms with Crippen molar-refractivity contribution in [3.63, 3.8) is 0 Å².